The van der Waals surface area contributed by atoms with E-state index in [0.717, 1.165) is 49.6 Å². The molecule has 1 unspecified atom stereocenters. The second-order valence-corrected chi connectivity index (χ2v) is 9.26. The monoisotopic (exact) mass is 519 g/mol. The maximum atomic E-state index is 12.8. The molecular weight excluding hydrogens is 485 g/mol. The third-order valence-electron chi connectivity index (χ3n) is 6.55. The number of likely N-dealkylation sites (tertiary alicyclic amines) is 1. The number of aryl methyl sites for hydroxylation is 1. The lowest BCUT2D eigenvalue weighted by Crippen LogP contribution is -2.24. The molecule has 1 aliphatic rings. The van der Waals surface area contributed by atoms with Gasteiger partial charge < -0.3 is 15.4 Å². The molecule has 1 atom stereocenters. The Balaban J connectivity index is 0.000000186. The highest BCUT2D eigenvalue weighted by Crippen LogP contribution is 2.29. The van der Waals surface area contributed by atoms with E-state index in [1.54, 1.807) is 28.6 Å². The largest absolute Gasteiger partial charge is 0.383 e. The van der Waals surface area contributed by atoms with Crippen LogP contribution < -0.4 is 11.1 Å². The highest BCUT2D eigenvalue weighted by atomic mass is 19.1. The standard InChI is InChI=1S/C15H16N6O.C13H18FNO/c1-10-13(12-8-9-20(2)18-12)19-21(14(10)17-15(16)22)11-6-4-3-5-7-11;1-16-9-8-15-7-6-12(10-15)11-2-4-13(14)5-3-11/h3-9H,1-2H3,(H3,16,17,22);2-5,12H,6-10H2,1H3. The highest BCUT2D eigenvalue weighted by Gasteiger charge is 2.23. The first-order chi connectivity index (χ1) is 18.4. The van der Waals surface area contributed by atoms with E-state index >= 15 is 0 Å². The van der Waals surface area contributed by atoms with Crippen LogP contribution in [0.15, 0.2) is 66.9 Å². The lowest BCUT2D eigenvalue weighted by atomic mass is 9.99. The Morgan fingerprint density at radius 1 is 1.13 bits per heavy atom. The molecule has 1 aliphatic heterocycles. The van der Waals surface area contributed by atoms with Gasteiger partial charge in [0, 0.05) is 39.0 Å². The van der Waals surface area contributed by atoms with Crippen molar-refractivity contribution in [1.29, 1.82) is 0 Å². The van der Waals surface area contributed by atoms with Gasteiger partial charge in [0.05, 0.1) is 12.3 Å². The van der Waals surface area contributed by atoms with Crippen molar-refractivity contribution in [2.24, 2.45) is 12.8 Å². The fraction of sp³-hybridized carbons (Fsp3) is 0.321. The van der Waals surface area contributed by atoms with Gasteiger partial charge in [0.15, 0.2) is 0 Å². The third kappa shape index (κ3) is 6.64. The molecule has 0 aliphatic carbocycles. The number of ether oxygens (including phenoxy) is 1. The number of aromatic nitrogens is 4. The number of halogens is 1. The molecular formula is C28H34FN7O2. The smallest absolute Gasteiger partial charge is 0.317 e. The lowest BCUT2D eigenvalue weighted by Gasteiger charge is -2.15. The van der Waals surface area contributed by atoms with Gasteiger partial charge in [0.2, 0.25) is 0 Å². The molecule has 2 aromatic carbocycles. The predicted octanol–water partition coefficient (Wildman–Crippen LogP) is 4.33. The van der Waals surface area contributed by atoms with Gasteiger partial charge in [-0.25, -0.2) is 13.9 Å². The molecule has 38 heavy (non-hydrogen) atoms. The summed E-state index contributed by atoms with van der Waals surface area (Å²) in [6.45, 7) is 5.84. The number of anilines is 1. The molecule has 2 aromatic heterocycles. The summed E-state index contributed by atoms with van der Waals surface area (Å²) in [5, 5.41) is 11.6. The van der Waals surface area contributed by atoms with E-state index in [2.05, 4.69) is 20.4 Å². The Labute approximate surface area is 222 Å². The number of carbonyl (C=O) groups is 1. The van der Waals surface area contributed by atoms with Crippen LogP contribution >= 0.6 is 0 Å². The van der Waals surface area contributed by atoms with Crippen LogP contribution in [0.4, 0.5) is 15.0 Å². The molecule has 0 bridgehead atoms. The minimum Gasteiger partial charge on any atom is -0.383 e. The normalized spacial score (nSPS) is 15.2. The molecule has 0 saturated carbocycles. The van der Waals surface area contributed by atoms with Gasteiger partial charge in [-0.3, -0.25) is 10.00 Å². The van der Waals surface area contributed by atoms with Crippen LogP contribution in [0.2, 0.25) is 0 Å². The van der Waals surface area contributed by atoms with Gasteiger partial charge in [-0.2, -0.15) is 10.2 Å². The number of rotatable bonds is 7. The summed E-state index contributed by atoms with van der Waals surface area (Å²) in [6, 6.07) is 17.7. The van der Waals surface area contributed by atoms with Crippen LogP contribution in [-0.4, -0.2) is 63.8 Å². The van der Waals surface area contributed by atoms with Crippen LogP contribution in [0, 0.1) is 12.7 Å². The number of nitrogens with two attached hydrogens (primary N) is 1. The van der Waals surface area contributed by atoms with Gasteiger partial charge >= 0.3 is 6.03 Å². The number of methoxy groups -OCH3 is 1. The summed E-state index contributed by atoms with van der Waals surface area (Å²) >= 11 is 0. The number of carbonyl (C=O) groups excluding carboxylic acids is 1. The van der Waals surface area contributed by atoms with Crippen molar-refractivity contribution < 1.29 is 13.9 Å². The van der Waals surface area contributed by atoms with E-state index in [1.807, 2.05) is 68.7 Å². The number of amides is 2. The molecule has 3 heterocycles. The van der Waals surface area contributed by atoms with E-state index in [4.69, 9.17) is 10.5 Å². The van der Waals surface area contributed by atoms with Crippen LogP contribution in [0.5, 0.6) is 0 Å². The average Bonchev–Trinajstić information content (AvgIpc) is 3.64. The second kappa shape index (κ2) is 12.5. The first kappa shape index (κ1) is 27.0. The number of para-hydroxylation sites is 1. The number of hydrogen-bond donors (Lipinski definition) is 2. The number of primary amides is 1. The Kier molecular flexibility index (Phi) is 8.88. The zero-order valence-electron chi connectivity index (χ0n) is 22.0. The summed E-state index contributed by atoms with van der Waals surface area (Å²) in [6.07, 6.45) is 3.01. The molecule has 5 rings (SSSR count). The number of benzene rings is 2. The molecule has 2 amide bonds. The molecule has 10 heteroatoms. The minimum absolute atomic E-state index is 0.155. The third-order valence-corrected chi connectivity index (χ3v) is 6.55. The van der Waals surface area contributed by atoms with Crippen LogP contribution in [0.3, 0.4) is 0 Å². The molecule has 3 N–H and O–H groups in total. The Morgan fingerprint density at radius 3 is 2.50 bits per heavy atom. The van der Waals surface area contributed by atoms with Crippen molar-refractivity contribution >= 4 is 11.8 Å². The van der Waals surface area contributed by atoms with Gasteiger partial charge in [0.1, 0.15) is 23.0 Å². The van der Waals surface area contributed by atoms with Gasteiger partial charge in [-0.1, -0.05) is 30.3 Å². The highest BCUT2D eigenvalue weighted by molar-refractivity contribution is 5.89. The number of urea groups is 1. The van der Waals surface area contributed by atoms with Crippen molar-refractivity contribution in [3.8, 4) is 17.1 Å². The first-order valence-corrected chi connectivity index (χ1v) is 12.5. The maximum absolute atomic E-state index is 12.8. The summed E-state index contributed by atoms with van der Waals surface area (Å²) in [4.78, 5) is 13.7. The second-order valence-electron chi connectivity index (χ2n) is 9.26. The SMILES string of the molecule is COCCN1CCC(c2ccc(F)cc2)C1.Cc1c(-c2ccn(C)n2)nn(-c2ccccc2)c1NC(N)=O. The summed E-state index contributed by atoms with van der Waals surface area (Å²) in [5.74, 6) is 0.940. The Hall–Kier alpha value is -4.02. The summed E-state index contributed by atoms with van der Waals surface area (Å²) in [7, 11) is 3.57. The molecule has 1 saturated heterocycles. The molecule has 200 valence electrons. The van der Waals surface area contributed by atoms with Crippen molar-refractivity contribution in [1.82, 2.24) is 24.5 Å². The van der Waals surface area contributed by atoms with E-state index in [0.29, 0.717) is 17.4 Å². The topological polar surface area (TPSA) is 103 Å². The number of nitrogens with one attached hydrogen (secondary N) is 1. The predicted molar refractivity (Wildman–Crippen MR) is 146 cm³/mol. The molecule has 4 aromatic rings. The molecule has 0 radical (unpaired) electrons. The number of nitrogens with zero attached hydrogens (tertiary/aromatic N) is 5. The zero-order valence-corrected chi connectivity index (χ0v) is 22.0. The summed E-state index contributed by atoms with van der Waals surface area (Å²) < 4.78 is 21.2. The van der Waals surface area contributed by atoms with Crippen molar-refractivity contribution in [2.75, 3.05) is 38.7 Å². The zero-order chi connectivity index (χ0) is 27.1. The maximum Gasteiger partial charge on any atom is 0.317 e. The quantitative estimate of drug-likeness (QED) is 0.378. The van der Waals surface area contributed by atoms with Gasteiger partial charge in [0.25, 0.3) is 0 Å². The first-order valence-electron chi connectivity index (χ1n) is 12.5. The molecule has 1 fully saturated rings. The van der Waals surface area contributed by atoms with Crippen molar-refractivity contribution in [3.05, 3.63) is 83.8 Å². The van der Waals surface area contributed by atoms with Crippen molar-refractivity contribution in [3.63, 3.8) is 0 Å². The number of hydrogen-bond acceptors (Lipinski definition) is 5. The van der Waals surface area contributed by atoms with Crippen molar-refractivity contribution in [2.45, 2.75) is 19.3 Å². The lowest BCUT2D eigenvalue weighted by molar-refractivity contribution is 0.160. The van der Waals surface area contributed by atoms with Crippen LogP contribution in [-0.2, 0) is 11.8 Å². The van der Waals surface area contributed by atoms with E-state index < -0.39 is 6.03 Å². The van der Waals surface area contributed by atoms with Crippen LogP contribution in [0.1, 0.15) is 23.5 Å². The molecule has 9 nitrogen and oxygen atoms in total. The summed E-state index contributed by atoms with van der Waals surface area (Å²) in [5.41, 5.74) is 9.61. The average molecular weight is 520 g/mol. The van der Waals surface area contributed by atoms with Gasteiger partial charge in [-0.15, -0.1) is 0 Å². The van der Waals surface area contributed by atoms with E-state index in [-0.39, 0.29) is 5.82 Å². The van der Waals surface area contributed by atoms with Crippen LogP contribution in [0.25, 0.3) is 17.1 Å². The van der Waals surface area contributed by atoms with E-state index in [1.165, 1.54) is 5.56 Å². The minimum atomic E-state index is -0.632. The van der Waals surface area contributed by atoms with E-state index in [9.17, 15) is 9.18 Å². The fourth-order valence-electron chi connectivity index (χ4n) is 4.56. The Bertz CT molecular complexity index is 1340. The van der Waals surface area contributed by atoms with Gasteiger partial charge in [-0.05, 0) is 61.7 Å². The molecule has 0 spiro atoms. The Morgan fingerprint density at radius 2 is 1.87 bits per heavy atom. The fourth-order valence-corrected chi connectivity index (χ4v) is 4.56.